The van der Waals surface area contributed by atoms with Crippen LogP contribution in [0.3, 0.4) is 0 Å². The lowest BCUT2D eigenvalue weighted by atomic mass is 10.1. The summed E-state index contributed by atoms with van der Waals surface area (Å²) in [5.74, 6) is -11.0. The predicted molar refractivity (Wildman–Crippen MR) is 489 cm³/mol. The van der Waals surface area contributed by atoms with E-state index in [-0.39, 0.29) is 144 Å². The van der Waals surface area contributed by atoms with Crippen molar-refractivity contribution in [2.75, 3.05) is 80.1 Å². The van der Waals surface area contributed by atoms with E-state index in [0.717, 1.165) is 139 Å². The van der Waals surface area contributed by atoms with Crippen molar-refractivity contribution in [1.82, 2.24) is 0 Å². The molecule has 0 spiro atoms. The summed E-state index contributed by atoms with van der Waals surface area (Å²) in [6, 6.07) is 5.35. The van der Waals surface area contributed by atoms with E-state index in [2.05, 4.69) is 89.2 Å². The Morgan fingerprint density at radius 2 is 0.372 bits per heavy atom. The van der Waals surface area contributed by atoms with Gasteiger partial charge in [-0.1, -0.05) is 203 Å². The van der Waals surface area contributed by atoms with Crippen molar-refractivity contribution in [2.45, 2.75) is 346 Å². The quantitative estimate of drug-likeness (QED) is 0.0104. The largest absolute Gasteiger partial charge is 0.748 e. The van der Waals surface area contributed by atoms with Crippen LogP contribution in [0.15, 0.2) is 0 Å². The average molecular weight is 1970 g/mol. The third-order valence-electron chi connectivity index (χ3n) is 15.8. The van der Waals surface area contributed by atoms with E-state index in [1.165, 1.54) is 0 Å². The number of hydrogen-bond acceptors (Lipinski definition) is 30. The maximum absolute atomic E-state index is 12.8. The topological polar surface area (TPSA) is 464 Å². The SMILES string of the molecule is C.C.C.C.C.C.C.C.C.C.CO[Si](C)(C)CCCCCCCCCOC(=O)C(F)(F)S(=O)(=O)[O-].CO[Si](C)(C)CCCCCCCCOC(=O)C(F)(F)S(=O)(=O)[O-].CO[Si](C)(C)CCCCCCCOC(=O)CS(=O)(=O)[O-].CO[Si](C)(C)CCCCCCOC(=O)C(F)(F)S(=O)(=O)[O-].CO[Si](C)(C)CCCCCOC(=O)CS(=O)(=O)[O-].[CH3+].[CH3+].[CH3+].[CH3+].[CH3+]. The van der Waals surface area contributed by atoms with Crippen molar-refractivity contribution in [3.05, 3.63) is 37.1 Å². The van der Waals surface area contributed by atoms with Crippen LogP contribution in [0.1, 0.15) is 235 Å². The molecule has 0 aliphatic carbocycles. The maximum Gasteiger partial charge on any atom is 0.428 e. The average Bonchev–Trinajstić information content (AvgIpc) is 0.829. The Hall–Kier alpha value is -3.29. The van der Waals surface area contributed by atoms with Crippen molar-refractivity contribution in [2.24, 2.45) is 0 Å². The molecule has 0 atom stereocenters. The van der Waals surface area contributed by atoms with E-state index in [1.807, 2.05) is 0 Å². The van der Waals surface area contributed by atoms with Crippen LogP contribution in [0.25, 0.3) is 0 Å². The molecule has 0 aliphatic rings. The smallest absolute Gasteiger partial charge is 0.428 e. The minimum absolute atomic E-state index is 0. The van der Waals surface area contributed by atoms with E-state index in [0.29, 0.717) is 51.4 Å². The number of carbonyl (C=O) groups is 5. The number of alkyl halides is 6. The lowest BCUT2D eigenvalue weighted by Gasteiger charge is -2.19. The van der Waals surface area contributed by atoms with Crippen LogP contribution < -0.4 is 0 Å². The third-order valence-corrected chi connectivity index (χ3v) is 32.7. The fourth-order valence-electron chi connectivity index (χ4n) is 8.22. The minimum atomic E-state index is -6.04. The van der Waals surface area contributed by atoms with Gasteiger partial charge in [-0.25, -0.2) is 56.5 Å². The van der Waals surface area contributed by atoms with Gasteiger partial charge in [-0.2, -0.15) is 26.3 Å². The summed E-state index contributed by atoms with van der Waals surface area (Å²) >= 11 is 0. The minimum Gasteiger partial charge on any atom is -0.748 e. The number of hydrogen-bond donors (Lipinski definition) is 0. The molecule has 0 saturated carbocycles. The van der Waals surface area contributed by atoms with E-state index in [9.17, 15) is 115 Å². The Kier molecular flexibility index (Phi) is 116. The molecule has 0 aliphatic heterocycles. The molecule has 0 bridgehead atoms. The summed E-state index contributed by atoms with van der Waals surface area (Å²) in [7, 11) is -26.1. The summed E-state index contributed by atoms with van der Waals surface area (Å²) in [6.45, 7) is 20.8. The fourth-order valence-corrected chi connectivity index (χ4v) is 16.3. The Labute approximate surface area is 741 Å². The highest BCUT2D eigenvalue weighted by Gasteiger charge is 2.50. The summed E-state index contributed by atoms with van der Waals surface area (Å²) in [5.41, 5.74) is 0. The molecule has 0 heterocycles. The number of carbonyl (C=O) groups excluding carboxylic acids is 5. The molecule has 121 heavy (non-hydrogen) atoms. The van der Waals surface area contributed by atoms with E-state index < -0.39 is 149 Å². The molecule has 0 rings (SSSR count). The number of halogens is 6. The molecule has 0 N–H and O–H groups in total. The van der Waals surface area contributed by atoms with Gasteiger partial charge >= 0.3 is 45.6 Å². The molecular weight excluding hydrogens is 1800 g/mol. The van der Waals surface area contributed by atoms with Gasteiger partial charge in [-0.3, -0.25) is 9.59 Å². The molecule has 0 aromatic carbocycles. The molecule has 46 heteroatoms. The molecular formula is C75H174F6O30S5Si5. The Bertz CT molecular complexity index is 3060. The van der Waals surface area contributed by atoms with Crippen LogP contribution in [-0.2, 0) is 120 Å². The third kappa shape index (κ3) is 95.7. The van der Waals surface area contributed by atoms with Gasteiger partial charge < -0.3 is 68.6 Å². The zero-order valence-corrected chi connectivity index (χ0v) is 78.3. The second-order valence-electron chi connectivity index (χ2n) is 27.6. The van der Waals surface area contributed by atoms with Gasteiger partial charge in [-0.15, -0.1) is 0 Å². The van der Waals surface area contributed by atoms with Crippen molar-refractivity contribution in [3.63, 3.8) is 0 Å². The van der Waals surface area contributed by atoms with Crippen molar-refractivity contribution in [3.8, 4) is 0 Å². The number of rotatable bonds is 55. The molecule has 0 fully saturated rings. The Morgan fingerprint density at radius 3 is 0.504 bits per heavy atom. The summed E-state index contributed by atoms with van der Waals surface area (Å²) in [5, 5.41) is -15.1. The molecule has 0 aromatic heterocycles. The van der Waals surface area contributed by atoms with Crippen LogP contribution >= 0.6 is 0 Å². The van der Waals surface area contributed by atoms with Gasteiger partial charge in [0.05, 0.1) is 33.0 Å². The molecule has 0 amide bonds. The van der Waals surface area contributed by atoms with Crippen molar-refractivity contribution in [1.29, 1.82) is 0 Å². The first kappa shape index (κ1) is 168. The van der Waals surface area contributed by atoms with Crippen LogP contribution in [0, 0.1) is 37.1 Å². The van der Waals surface area contributed by atoms with E-state index in [4.69, 9.17) is 22.1 Å². The lowest BCUT2D eigenvalue weighted by molar-refractivity contribution is -0.162. The molecule has 0 aromatic rings. The molecule has 30 nitrogen and oxygen atoms in total. The summed E-state index contributed by atoms with van der Waals surface area (Å²) in [6.07, 6.45) is 21.4. The van der Waals surface area contributed by atoms with Gasteiger partial charge in [0.15, 0.2) is 71.9 Å². The van der Waals surface area contributed by atoms with Crippen molar-refractivity contribution < 1.29 is 161 Å². The van der Waals surface area contributed by atoms with Crippen LogP contribution in [0.5, 0.6) is 0 Å². The van der Waals surface area contributed by atoms with Gasteiger partial charge in [-0.05, 0) is 128 Å². The van der Waals surface area contributed by atoms with Gasteiger partial charge in [0.1, 0.15) is 31.7 Å². The second-order valence-corrected chi connectivity index (χ2v) is 56.8. The van der Waals surface area contributed by atoms with Crippen LogP contribution in [0.4, 0.5) is 26.3 Å². The number of ether oxygens (including phenoxy) is 5. The molecule has 0 unspecified atom stereocenters. The first-order valence-corrected chi connectivity index (χ1v) is 57.6. The number of esters is 5. The maximum atomic E-state index is 12.8. The van der Waals surface area contributed by atoms with Crippen molar-refractivity contribution >= 4 is 122 Å². The second kappa shape index (κ2) is 83.6. The highest BCUT2D eigenvalue weighted by Crippen LogP contribution is 2.26. The van der Waals surface area contributed by atoms with Gasteiger partial charge in [0.25, 0.3) is 0 Å². The van der Waals surface area contributed by atoms with Crippen LogP contribution in [-0.4, -0.2) is 232 Å². The van der Waals surface area contributed by atoms with E-state index in [1.54, 1.807) is 35.5 Å². The predicted octanol–water partition coefficient (Wildman–Crippen LogP) is 19.8. The standard InChI is InChI=1S/C14H28F2O6SSi.C13H26F2O6SSi.C12H26O6SSi.C11H22F2O6SSi.C10H22O6SSi.10CH4.5CH3/c1-21-24(2,3)12-10-8-6-4-5-7-9-11-22-13(17)14(15,16)23(18,19)20;1-20-23(2,3)11-9-7-5-4-6-8-10-21-12(16)13(14,15)22(17,18)19;1-17-20(2,3)10-8-6-4-5-7-9-18-12(13)11-19(14,15)16;1-18-21(2,3)9-7-5-4-6-8-19-10(14)11(12,13)20(15,16)17;1-15-18(2,3)8-6-4-5-7-16-10(11)9-17(12,13)14;;;;;;;;;;;;;;;/h4-12H2,1-3H3,(H,18,19,20);4-11H2,1-3H3,(H,17,18,19);4-11H2,1-3H3,(H,14,15,16);4-9H2,1-3H3,(H,15,16,17);4-9H2,1-3H3,(H,12,13,14);10*1H4;5*1H3/q;;;;;;;;;;;;;;;5*+1/p-5. The van der Waals surface area contributed by atoms with Gasteiger partial charge in [0, 0.05) is 72.7 Å². The molecule has 0 saturated heterocycles. The Balaban J connectivity index is -0.0000000569. The van der Waals surface area contributed by atoms with E-state index >= 15 is 0 Å². The molecule has 746 valence electrons. The van der Waals surface area contributed by atoms with Crippen LogP contribution in [0.2, 0.25) is 95.7 Å². The highest BCUT2D eigenvalue weighted by molar-refractivity contribution is 7.88. The number of unbranched alkanes of at least 4 members (excludes halogenated alkanes) is 20. The first-order chi connectivity index (χ1) is 48.1. The Morgan fingerprint density at radius 1 is 0.248 bits per heavy atom. The summed E-state index contributed by atoms with van der Waals surface area (Å²) in [4.78, 5) is 54.3. The van der Waals surface area contributed by atoms with Gasteiger partial charge in [0.2, 0.25) is 0 Å². The molecule has 0 radical (unpaired) electrons. The normalized spacial score (nSPS) is 11.3. The summed E-state index contributed by atoms with van der Waals surface area (Å²) < 4.78 is 279. The fraction of sp³-hybridized carbons (Fsp3) is 0.867. The zero-order chi connectivity index (χ0) is 83.6. The zero-order valence-electron chi connectivity index (χ0n) is 69.2. The monoisotopic (exact) mass is 1970 g/mol. The lowest BCUT2D eigenvalue weighted by Crippen LogP contribution is -2.39. The first-order valence-electron chi connectivity index (χ1n) is 34.6. The highest BCUT2D eigenvalue weighted by atomic mass is 32.2.